The molecule has 1 saturated heterocycles. The minimum Gasteiger partial charge on any atom is -0.397 e. The minimum atomic E-state index is -4.44. The van der Waals surface area contributed by atoms with Gasteiger partial charge in [0.2, 0.25) is 0 Å². The van der Waals surface area contributed by atoms with Crippen molar-refractivity contribution in [1.82, 2.24) is 0 Å². The summed E-state index contributed by atoms with van der Waals surface area (Å²) < 4.78 is 60.5. The van der Waals surface area contributed by atoms with Gasteiger partial charge in [-0.15, -0.1) is 0 Å². The molecule has 1 atom stereocenters. The minimum absolute atomic E-state index is 0.0204. The number of rotatable bonds is 2. The van der Waals surface area contributed by atoms with Crippen LogP contribution in [0.2, 0.25) is 0 Å². The molecule has 2 rings (SSSR count). The molecule has 0 radical (unpaired) electrons. The van der Waals surface area contributed by atoms with E-state index in [9.17, 15) is 21.6 Å². The van der Waals surface area contributed by atoms with E-state index in [4.69, 9.17) is 5.73 Å². The molecule has 0 amide bonds. The van der Waals surface area contributed by atoms with Crippen molar-refractivity contribution in [3.63, 3.8) is 0 Å². The molecule has 112 valence electrons. The maximum Gasteiger partial charge on any atom is 0.416 e. The average molecular weight is 308 g/mol. The topological polar surface area (TPSA) is 72.2 Å². The zero-order chi connectivity index (χ0) is 15.0. The number of halogens is 3. The van der Waals surface area contributed by atoms with Crippen LogP contribution in [0.5, 0.6) is 0 Å². The third-order valence-corrected chi connectivity index (χ3v) is 5.02. The van der Waals surface area contributed by atoms with Crippen LogP contribution < -0.4 is 11.1 Å². The van der Waals surface area contributed by atoms with Crippen LogP contribution in [0.4, 0.5) is 24.5 Å². The van der Waals surface area contributed by atoms with Gasteiger partial charge < -0.3 is 11.1 Å². The number of hydrogen-bond acceptors (Lipinski definition) is 4. The number of benzene rings is 1. The number of sulfone groups is 1. The van der Waals surface area contributed by atoms with Crippen molar-refractivity contribution in [2.45, 2.75) is 25.1 Å². The first-order chi connectivity index (χ1) is 9.17. The van der Waals surface area contributed by atoms with Gasteiger partial charge in [0.05, 0.1) is 28.4 Å². The summed E-state index contributed by atoms with van der Waals surface area (Å²) in [4.78, 5) is 0. The van der Waals surface area contributed by atoms with Gasteiger partial charge in [-0.2, -0.15) is 13.2 Å². The van der Waals surface area contributed by atoms with Crippen LogP contribution in [0.25, 0.3) is 0 Å². The van der Waals surface area contributed by atoms with Crippen LogP contribution in [0.1, 0.15) is 18.4 Å². The van der Waals surface area contributed by atoms with Crippen molar-refractivity contribution in [2.24, 2.45) is 0 Å². The van der Waals surface area contributed by atoms with Gasteiger partial charge in [-0.3, -0.25) is 0 Å². The molecule has 0 bridgehead atoms. The van der Waals surface area contributed by atoms with Crippen LogP contribution in [0, 0.1) is 0 Å². The lowest BCUT2D eigenvalue weighted by molar-refractivity contribution is -0.137. The fourth-order valence-electron chi connectivity index (χ4n) is 2.23. The van der Waals surface area contributed by atoms with Gasteiger partial charge in [-0.1, -0.05) is 0 Å². The molecular weight excluding hydrogens is 293 g/mol. The van der Waals surface area contributed by atoms with Crippen LogP contribution in [0.3, 0.4) is 0 Å². The second-order valence-electron chi connectivity index (χ2n) is 4.90. The van der Waals surface area contributed by atoms with Gasteiger partial charge in [0, 0.05) is 6.04 Å². The summed E-state index contributed by atoms with van der Waals surface area (Å²) in [5.74, 6) is 0.140. The van der Waals surface area contributed by atoms with Crippen LogP contribution in [-0.4, -0.2) is 26.0 Å². The van der Waals surface area contributed by atoms with Gasteiger partial charge in [0.1, 0.15) is 0 Å². The normalized spacial score (nSPS) is 22.4. The Morgan fingerprint density at radius 3 is 2.55 bits per heavy atom. The monoisotopic (exact) mass is 308 g/mol. The molecule has 1 aliphatic heterocycles. The summed E-state index contributed by atoms with van der Waals surface area (Å²) in [5.41, 5.74) is 5.06. The molecule has 0 spiro atoms. The van der Waals surface area contributed by atoms with Crippen molar-refractivity contribution < 1.29 is 21.6 Å². The largest absolute Gasteiger partial charge is 0.416 e. The first-order valence-electron chi connectivity index (χ1n) is 6.11. The Bertz CT molecular complexity index is 599. The quantitative estimate of drug-likeness (QED) is 0.822. The molecule has 3 N–H and O–H groups in total. The first kappa shape index (κ1) is 15.0. The van der Waals surface area contributed by atoms with Crippen molar-refractivity contribution >= 4 is 21.2 Å². The fraction of sp³-hybridized carbons (Fsp3) is 0.500. The molecule has 0 aliphatic carbocycles. The molecule has 4 nitrogen and oxygen atoms in total. The molecule has 1 aromatic rings. The van der Waals surface area contributed by atoms with Crippen molar-refractivity contribution in [3.8, 4) is 0 Å². The Hall–Kier alpha value is -1.44. The average Bonchev–Trinajstić information content (AvgIpc) is 2.29. The molecule has 8 heteroatoms. The third-order valence-electron chi connectivity index (χ3n) is 3.20. The second-order valence-corrected chi connectivity index (χ2v) is 7.13. The summed E-state index contributed by atoms with van der Waals surface area (Å²) in [6, 6.07) is 2.70. The Labute approximate surface area is 115 Å². The van der Waals surface area contributed by atoms with Gasteiger partial charge in [0.25, 0.3) is 0 Å². The van der Waals surface area contributed by atoms with E-state index in [2.05, 4.69) is 5.32 Å². The lowest BCUT2D eigenvalue weighted by atomic mass is 10.1. The van der Waals surface area contributed by atoms with Gasteiger partial charge >= 0.3 is 6.18 Å². The molecule has 1 aromatic carbocycles. The summed E-state index contributed by atoms with van der Waals surface area (Å²) in [5, 5.41) is 2.91. The van der Waals surface area contributed by atoms with E-state index in [1.165, 1.54) is 6.07 Å². The third kappa shape index (κ3) is 3.56. The summed E-state index contributed by atoms with van der Waals surface area (Å²) >= 11 is 0. The van der Waals surface area contributed by atoms with Gasteiger partial charge in [0.15, 0.2) is 9.84 Å². The fourth-order valence-corrected chi connectivity index (χ4v) is 3.86. The molecule has 1 unspecified atom stereocenters. The number of nitrogens with one attached hydrogen (secondary N) is 1. The Morgan fingerprint density at radius 2 is 2.00 bits per heavy atom. The summed E-state index contributed by atoms with van der Waals surface area (Å²) in [6.07, 6.45) is -3.25. The van der Waals surface area contributed by atoms with Crippen LogP contribution in [-0.2, 0) is 16.0 Å². The molecule has 1 fully saturated rings. The zero-order valence-electron chi connectivity index (χ0n) is 10.6. The Balaban J connectivity index is 2.14. The molecule has 1 heterocycles. The van der Waals surface area contributed by atoms with E-state index in [1.807, 2.05) is 0 Å². The maximum atomic E-state index is 12.5. The molecule has 0 saturated carbocycles. The lowest BCUT2D eigenvalue weighted by Crippen LogP contribution is -2.35. The molecule has 0 aromatic heterocycles. The summed E-state index contributed by atoms with van der Waals surface area (Å²) in [6.45, 7) is 0. The van der Waals surface area contributed by atoms with E-state index in [0.717, 1.165) is 12.1 Å². The molecule has 1 aliphatic rings. The first-order valence-corrected chi connectivity index (χ1v) is 7.93. The van der Waals surface area contributed by atoms with Crippen LogP contribution in [0.15, 0.2) is 18.2 Å². The van der Waals surface area contributed by atoms with Crippen molar-refractivity contribution in [2.75, 3.05) is 22.6 Å². The number of anilines is 2. The van der Waals surface area contributed by atoms with Crippen molar-refractivity contribution in [3.05, 3.63) is 23.8 Å². The van der Waals surface area contributed by atoms with E-state index in [1.54, 1.807) is 0 Å². The summed E-state index contributed by atoms with van der Waals surface area (Å²) in [7, 11) is -3.08. The lowest BCUT2D eigenvalue weighted by Gasteiger charge is -2.25. The van der Waals surface area contributed by atoms with E-state index < -0.39 is 21.6 Å². The number of hydrogen-bond donors (Lipinski definition) is 2. The number of nitrogens with two attached hydrogens (primary N) is 1. The Kier molecular flexibility index (Phi) is 3.86. The molecule has 20 heavy (non-hydrogen) atoms. The Morgan fingerprint density at radius 1 is 1.30 bits per heavy atom. The molecular formula is C12H15F3N2O2S. The predicted octanol–water partition coefficient (Wildman–Crippen LogP) is 2.28. The maximum absolute atomic E-state index is 12.5. The zero-order valence-corrected chi connectivity index (χ0v) is 11.4. The van der Waals surface area contributed by atoms with Crippen molar-refractivity contribution in [1.29, 1.82) is 0 Å². The van der Waals surface area contributed by atoms with E-state index >= 15 is 0 Å². The number of nitrogen functional groups attached to an aromatic ring is 1. The highest BCUT2D eigenvalue weighted by Gasteiger charge is 2.31. The number of alkyl halides is 3. The van der Waals surface area contributed by atoms with Crippen LogP contribution >= 0.6 is 0 Å². The standard InChI is InChI=1S/C12H15F3N2O2S/c13-12(14,15)8-3-4-11(10(16)6-8)17-9-2-1-5-20(18,19)7-9/h3-4,6,9,17H,1-2,5,7,16H2. The SMILES string of the molecule is Nc1cc(C(F)(F)F)ccc1NC1CCCS(=O)(=O)C1. The van der Waals surface area contributed by atoms with E-state index in [0.29, 0.717) is 18.5 Å². The van der Waals surface area contributed by atoms with Gasteiger partial charge in [-0.25, -0.2) is 8.42 Å². The highest BCUT2D eigenvalue weighted by Crippen LogP contribution is 2.33. The van der Waals surface area contributed by atoms with E-state index in [-0.39, 0.29) is 23.2 Å². The highest BCUT2D eigenvalue weighted by molar-refractivity contribution is 7.91. The highest BCUT2D eigenvalue weighted by atomic mass is 32.2. The smallest absolute Gasteiger partial charge is 0.397 e. The van der Waals surface area contributed by atoms with Gasteiger partial charge in [-0.05, 0) is 31.0 Å². The second kappa shape index (κ2) is 5.16. The predicted molar refractivity (Wildman–Crippen MR) is 71.2 cm³/mol.